The second-order valence-electron chi connectivity index (χ2n) is 4.81. The first-order valence-electron chi connectivity index (χ1n) is 6.15. The van der Waals surface area contributed by atoms with Crippen molar-refractivity contribution in [2.24, 2.45) is 5.73 Å². The Balaban J connectivity index is 2.53. The molecule has 0 spiro atoms. The van der Waals surface area contributed by atoms with Crippen LogP contribution in [0, 0.1) is 0 Å². The number of rotatable bonds is 3. The van der Waals surface area contributed by atoms with Crippen LogP contribution < -0.4 is 10.6 Å². The summed E-state index contributed by atoms with van der Waals surface area (Å²) in [6.07, 6.45) is 4.02. The highest BCUT2D eigenvalue weighted by Crippen LogP contribution is 2.32. The minimum Gasteiger partial charge on any atom is -0.369 e. The molecular formula is C13H19N3O. The Morgan fingerprint density at radius 2 is 2.06 bits per heavy atom. The molecule has 2 heterocycles. The van der Waals surface area contributed by atoms with Gasteiger partial charge in [0.25, 0.3) is 5.91 Å². The number of pyridine rings is 1. The molecule has 0 radical (unpaired) electrons. The Hall–Kier alpha value is -1.58. The van der Waals surface area contributed by atoms with E-state index in [1.807, 2.05) is 6.07 Å². The Bertz CT molecular complexity index is 423. The number of hydrogen-bond donors (Lipinski definition) is 1. The third kappa shape index (κ3) is 2.25. The van der Waals surface area contributed by atoms with Gasteiger partial charge in [0, 0.05) is 19.3 Å². The Kier molecular flexibility index (Phi) is 3.31. The van der Waals surface area contributed by atoms with E-state index >= 15 is 0 Å². The molecule has 4 heteroatoms. The van der Waals surface area contributed by atoms with Crippen molar-refractivity contribution in [3.63, 3.8) is 0 Å². The molecule has 1 aliphatic rings. The zero-order valence-electron chi connectivity index (χ0n) is 10.4. The van der Waals surface area contributed by atoms with Gasteiger partial charge in [-0.05, 0) is 30.4 Å². The van der Waals surface area contributed by atoms with Gasteiger partial charge in [0.05, 0.1) is 5.69 Å². The Morgan fingerprint density at radius 1 is 1.41 bits per heavy atom. The molecule has 1 aromatic heterocycles. The number of hydrogen-bond acceptors (Lipinski definition) is 3. The molecule has 1 amide bonds. The standard InChI is InChI=1S/C13H19N3O/c1-9(2)10-5-6-15-11(13(14)17)12(10)16-7-3-4-8-16/h5-6,9H,3-4,7-8H2,1-2H3,(H2,14,17). The van der Waals surface area contributed by atoms with E-state index in [4.69, 9.17) is 5.73 Å². The van der Waals surface area contributed by atoms with Gasteiger partial charge in [-0.25, -0.2) is 4.98 Å². The minimum atomic E-state index is -0.436. The maximum Gasteiger partial charge on any atom is 0.269 e. The molecule has 4 nitrogen and oxygen atoms in total. The molecule has 0 bridgehead atoms. The van der Waals surface area contributed by atoms with Crippen LogP contribution >= 0.6 is 0 Å². The smallest absolute Gasteiger partial charge is 0.269 e. The topological polar surface area (TPSA) is 59.2 Å². The van der Waals surface area contributed by atoms with Crippen molar-refractivity contribution in [2.75, 3.05) is 18.0 Å². The van der Waals surface area contributed by atoms with Gasteiger partial charge in [0.1, 0.15) is 0 Å². The summed E-state index contributed by atoms with van der Waals surface area (Å²) in [5.41, 5.74) is 7.95. The summed E-state index contributed by atoms with van der Waals surface area (Å²) in [4.78, 5) is 17.9. The molecule has 1 fully saturated rings. The summed E-state index contributed by atoms with van der Waals surface area (Å²) < 4.78 is 0. The summed E-state index contributed by atoms with van der Waals surface area (Å²) in [5, 5.41) is 0. The van der Waals surface area contributed by atoms with E-state index in [9.17, 15) is 4.79 Å². The largest absolute Gasteiger partial charge is 0.369 e. The van der Waals surface area contributed by atoms with Crippen LogP contribution in [0.5, 0.6) is 0 Å². The van der Waals surface area contributed by atoms with Gasteiger partial charge in [-0.1, -0.05) is 13.8 Å². The molecule has 2 rings (SSSR count). The lowest BCUT2D eigenvalue weighted by atomic mass is 10.00. The maximum atomic E-state index is 11.5. The monoisotopic (exact) mass is 233 g/mol. The summed E-state index contributed by atoms with van der Waals surface area (Å²) in [5.74, 6) is -0.0684. The second-order valence-corrected chi connectivity index (χ2v) is 4.81. The number of nitrogens with two attached hydrogens (primary N) is 1. The molecule has 2 N–H and O–H groups in total. The van der Waals surface area contributed by atoms with Crippen LogP contribution in [0.1, 0.15) is 48.7 Å². The summed E-state index contributed by atoms with van der Waals surface area (Å²) in [6.45, 7) is 6.23. The fraction of sp³-hybridized carbons (Fsp3) is 0.538. The number of amides is 1. The lowest BCUT2D eigenvalue weighted by Gasteiger charge is -2.24. The third-order valence-electron chi connectivity index (χ3n) is 3.23. The highest BCUT2D eigenvalue weighted by Gasteiger charge is 2.23. The molecule has 0 unspecified atom stereocenters. The highest BCUT2D eigenvalue weighted by molar-refractivity contribution is 5.97. The predicted octanol–water partition coefficient (Wildman–Crippen LogP) is 1.90. The molecule has 1 aromatic rings. The SMILES string of the molecule is CC(C)c1ccnc(C(N)=O)c1N1CCCC1. The molecule has 92 valence electrons. The van der Waals surface area contributed by atoms with Crippen LogP contribution in [0.15, 0.2) is 12.3 Å². The van der Waals surface area contributed by atoms with Gasteiger partial charge >= 0.3 is 0 Å². The van der Waals surface area contributed by atoms with E-state index in [0.29, 0.717) is 11.6 Å². The summed E-state index contributed by atoms with van der Waals surface area (Å²) in [7, 11) is 0. The molecule has 0 saturated carbocycles. The Labute approximate surface area is 102 Å². The van der Waals surface area contributed by atoms with Crippen molar-refractivity contribution in [3.05, 3.63) is 23.5 Å². The van der Waals surface area contributed by atoms with E-state index in [0.717, 1.165) is 24.3 Å². The van der Waals surface area contributed by atoms with Gasteiger partial charge in [0.15, 0.2) is 5.69 Å². The highest BCUT2D eigenvalue weighted by atomic mass is 16.1. The number of carbonyl (C=O) groups excluding carboxylic acids is 1. The average Bonchev–Trinajstić information content (AvgIpc) is 2.80. The zero-order valence-corrected chi connectivity index (χ0v) is 10.4. The van der Waals surface area contributed by atoms with Crippen LogP contribution in [0.4, 0.5) is 5.69 Å². The van der Waals surface area contributed by atoms with Crippen molar-refractivity contribution >= 4 is 11.6 Å². The molecule has 0 aromatic carbocycles. The van der Waals surface area contributed by atoms with Gasteiger partial charge in [-0.2, -0.15) is 0 Å². The van der Waals surface area contributed by atoms with Crippen molar-refractivity contribution in [3.8, 4) is 0 Å². The molecule has 0 aliphatic carbocycles. The molecule has 1 saturated heterocycles. The Morgan fingerprint density at radius 3 is 2.59 bits per heavy atom. The maximum absolute atomic E-state index is 11.5. The first-order valence-corrected chi connectivity index (χ1v) is 6.15. The third-order valence-corrected chi connectivity index (χ3v) is 3.23. The van der Waals surface area contributed by atoms with Crippen LogP contribution in [-0.4, -0.2) is 24.0 Å². The zero-order chi connectivity index (χ0) is 12.4. The van der Waals surface area contributed by atoms with Crippen molar-refractivity contribution < 1.29 is 4.79 Å². The molecule has 0 atom stereocenters. The number of carbonyl (C=O) groups is 1. The van der Waals surface area contributed by atoms with E-state index in [1.165, 1.54) is 12.8 Å². The molecule has 17 heavy (non-hydrogen) atoms. The quantitative estimate of drug-likeness (QED) is 0.867. The van der Waals surface area contributed by atoms with Gasteiger partial charge < -0.3 is 10.6 Å². The normalized spacial score (nSPS) is 15.6. The van der Waals surface area contributed by atoms with Crippen molar-refractivity contribution in [1.29, 1.82) is 0 Å². The summed E-state index contributed by atoms with van der Waals surface area (Å²) in [6, 6.07) is 1.99. The first kappa shape index (κ1) is 11.9. The average molecular weight is 233 g/mol. The van der Waals surface area contributed by atoms with Gasteiger partial charge in [-0.3, -0.25) is 4.79 Å². The fourth-order valence-electron chi connectivity index (χ4n) is 2.39. The van der Waals surface area contributed by atoms with E-state index in [2.05, 4.69) is 23.7 Å². The van der Waals surface area contributed by atoms with Gasteiger partial charge in [-0.15, -0.1) is 0 Å². The van der Waals surface area contributed by atoms with Crippen molar-refractivity contribution in [1.82, 2.24) is 4.98 Å². The van der Waals surface area contributed by atoms with Gasteiger partial charge in [0.2, 0.25) is 0 Å². The van der Waals surface area contributed by atoms with Crippen LogP contribution in [0.25, 0.3) is 0 Å². The van der Waals surface area contributed by atoms with Crippen molar-refractivity contribution in [2.45, 2.75) is 32.6 Å². The number of anilines is 1. The predicted molar refractivity (Wildman–Crippen MR) is 68.3 cm³/mol. The summed E-state index contributed by atoms with van der Waals surface area (Å²) >= 11 is 0. The molecular weight excluding hydrogens is 214 g/mol. The van der Waals surface area contributed by atoms with E-state index in [-0.39, 0.29) is 0 Å². The van der Waals surface area contributed by atoms with Crippen LogP contribution in [0.3, 0.4) is 0 Å². The number of nitrogens with zero attached hydrogens (tertiary/aromatic N) is 2. The number of aromatic nitrogens is 1. The lowest BCUT2D eigenvalue weighted by molar-refractivity contribution is 0.0996. The lowest BCUT2D eigenvalue weighted by Crippen LogP contribution is -2.26. The fourth-order valence-corrected chi connectivity index (χ4v) is 2.39. The second kappa shape index (κ2) is 4.73. The number of primary amides is 1. The van der Waals surface area contributed by atoms with E-state index in [1.54, 1.807) is 6.20 Å². The van der Waals surface area contributed by atoms with E-state index < -0.39 is 5.91 Å². The minimum absolute atomic E-state index is 0.367. The molecule has 1 aliphatic heterocycles. The van der Waals surface area contributed by atoms with Crippen LogP contribution in [0.2, 0.25) is 0 Å². The van der Waals surface area contributed by atoms with Crippen LogP contribution in [-0.2, 0) is 0 Å². The first-order chi connectivity index (χ1) is 8.11.